The molecule has 1 aliphatic rings. The number of ether oxygens (including phenoxy) is 1. The van der Waals surface area contributed by atoms with Gasteiger partial charge in [0, 0.05) is 12.1 Å². The first kappa shape index (κ1) is 19.8. The van der Waals surface area contributed by atoms with E-state index in [1.54, 1.807) is 46.9 Å². The molecule has 2 heterocycles. The number of aromatic nitrogens is 2. The summed E-state index contributed by atoms with van der Waals surface area (Å²) in [5, 5.41) is 0.513. The number of benzene rings is 3. The van der Waals surface area contributed by atoms with E-state index in [4.69, 9.17) is 9.72 Å². The van der Waals surface area contributed by atoms with Gasteiger partial charge in [0.15, 0.2) is 0 Å². The second-order valence-corrected chi connectivity index (χ2v) is 7.45. The van der Waals surface area contributed by atoms with Crippen LogP contribution in [0.3, 0.4) is 0 Å². The Labute approximate surface area is 185 Å². The van der Waals surface area contributed by atoms with Gasteiger partial charge >= 0.3 is 0 Å². The fraction of sp³-hybridized carbons (Fsp3) is 0.115. The molecule has 6 nitrogen and oxygen atoms in total. The van der Waals surface area contributed by atoms with Crippen LogP contribution in [0, 0.1) is 0 Å². The maximum atomic E-state index is 13.5. The van der Waals surface area contributed by atoms with Gasteiger partial charge < -0.3 is 9.64 Å². The van der Waals surface area contributed by atoms with Gasteiger partial charge in [-0.05, 0) is 55.5 Å². The van der Waals surface area contributed by atoms with E-state index in [0.29, 0.717) is 40.3 Å². The number of amides is 1. The van der Waals surface area contributed by atoms with Crippen molar-refractivity contribution in [2.75, 3.05) is 18.6 Å². The predicted molar refractivity (Wildman–Crippen MR) is 126 cm³/mol. The number of hydrogen-bond donors (Lipinski definition) is 0. The molecule has 4 aromatic rings. The molecule has 0 bridgehead atoms. The lowest BCUT2D eigenvalue weighted by molar-refractivity contribution is -0.112. The Balaban J connectivity index is 1.79. The second kappa shape index (κ2) is 7.81. The van der Waals surface area contributed by atoms with Gasteiger partial charge in [0.1, 0.15) is 11.6 Å². The number of methoxy groups -OCH3 is 1. The van der Waals surface area contributed by atoms with Crippen LogP contribution in [0.15, 0.2) is 77.6 Å². The van der Waals surface area contributed by atoms with Crippen molar-refractivity contribution in [1.82, 2.24) is 9.55 Å². The smallest absolute Gasteiger partial charge is 0.266 e. The van der Waals surface area contributed by atoms with Crippen LogP contribution >= 0.6 is 0 Å². The molecular weight excluding hydrogens is 402 g/mol. The molecule has 0 saturated carbocycles. The van der Waals surface area contributed by atoms with Crippen molar-refractivity contribution in [3.8, 4) is 11.4 Å². The Morgan fingerprint density at radius 2 is 1.66 bits per heavy atom. The summed E-state index contributed by atoms with van der Waals surface area (Å²) >= 11 is 0. The summed E-state index contributed by atoms with van der Waals surface area (Å²) in [6.45, 7) is 2.50. The van der Waals surface area contributed by atoms with Gasteiger partial charge in [-0.3, -0.25) is 14.2 Å². The fourth-order valence-electron chi connectivity index (χ4n) is 4.12. The zero-order chi connectivity index (χ0) is 22.2. The molecule has 0 atom stereocenters. The highest BCUT2D eigenvalue weighted by atomic mass is 16.5. The van der Waals surface area contributed by atoms with Crippen LogP contribution in [0.25, 0.3) is 28.2 Å². The Morgan fingerprint density at radius 1 is 0.938 bits per heavy atom. The van der Waals surface area contributed by atoms with Gasteiger partial charge in [0.25, 0.3) is 11.5 Å². The van der Waals surface area contributed by atoms with Crippen LogP contribution < -0.4 is 15.2 Å². The summed E-state index contributed by atoms with van der Waals surface area (Å²) in [4.78, 5) is 33.2. The highest BCUT2D eigenvalue weighted by molar-refractivity contribution is 6.35. The van der Waals surface area contributed by atoms with Gasteiger partial charge in [-0.15, -0.1) is 0 Å². The molecule has 1 aromatic heterocycles. The minimum absolute atomic E-state index is 0.0996. The highest BCUT2D eigenvalue weighted by Crippen LogP contribution is 2.37. The van der Waals surface area contributed by atoms with E-state index >= 15 is 0 Å². The molecule has 0 radical (unpaired) electrons. The zero-order valence-corrected chi connectivity index (χ0v) is 17.8. The van der Waals surface area contributed by atoms with E-state index in [1.807, 2.05) is 55.5 Å². The Morgan fingerprint density at radius 3 is 2.41 bits per heavy atom. The molecule has 158 valence electrons. The molecule has 0 spiro atoms. The highest BCUT2D eigenvalue weighted by Gasteiger charge is 2.31. The van der Waals surface area contributed by atoms with Crippen LogP contribution in [0.2, 0.25) is 0 Å². The largest absolute Gasteiger partial charge is 0.497 e. The number of fused-ring (bicyclic) bond motifs is 2. The predicted octanol–water partition coefficient (Wildman–Crippen LogP) is 4.30. The minimum atomic E-state index is -0.196. The summed E-state index contributed by atoms with van der Waals surface area (Å²) in [6.07, 6.45) is 1.72. The number of para-hydroxylation sites is 2. The maximum Gasteiger partial charge on any atom is 0.266 e. The van der Waals surface area contributed by atoms with E-state index in [-0.39, 0.29) is 11.5 Å². The number of likely N-dealkylation sites (N-methyl/N-ethyl adjacent to an activating group) is 1. The number of nitrogens with zero attached hydrogens (tertiary/aromatic N) is 3. The van der Waals surface area contributed by atoms with Crippen molar-refractivity contribution in [1.29, 1.82) is 0 Å². The number of rotatable bonds is 4. The molecule has 5 rings (SSSR count). The quantitative estimate of drug-likeness (QED) is 0.459. The molecular formula is C26H21N3O3. The molecule has 0 aliphatic carbocycles. The molecule has 1 amide bonds. The third-order valence-corrected chi connectivity index (χ3v) is 5.68. The van der Waals surface area contributed by atoms with Crippen molar-refractivity contribution < 1.29 is 9.53 Å². The first-order chi connectivity index (χ1) is 15.6. The first-order valence-corrected chi connectivity index (χ1v) is 10.4. The summed E-state index contributed by atoms with van der Waals surface area (Å²) in [5.74, 6) is 0.987. The normalized spacial score (nSPS) is 14.2. The van der Waals surface area contributed by atoms with E-state index in [9.17, 15) is 9.59 Å². The summed E-state index contributed by atoms with van der Waals surface area (Å²) in [6, 6.07) is 22.1. The molecule has 0 unspecified atom stereocenters. The molecule has 3 aromatic carbocycles. The molecule has 0 N–H and O–H groups in total. The molecule has 1 aliphatic heterocycles. The van der Waals surface area contributed by atoms with Crippen LogP contribution in [0.1, 0.15) is 18.3 Å². The Kier molecular flexibility index (Phi) is 4.82. The van der Waals surface area contributed by atoms with Crippen LogP contribution in [0.5, 0.6) is 5.75 Å². The minimum Gasteiger partial charge on any atom is -0.497 e. The monoisotopic (exact) mass is 423 g/mol. The van der Waals surface area contributed by atoms with E-state index in [0.717, 1.165) is 11.3 Å². The molecule has 32 heavy (non-hydrogen) atoms. The molecule has 0 fully saturated rings. The topological polar surface area (TPSA) is 64.4 Å². The zero-order valence-electron chi connectivity index (χ0n) is 17.8. The summed E-state index contributed by atoms with van der Waals surface area (Å²) in [5.41, 5.74) is 3.26. The van der Waals surface area contributed by atoms with E-state index < -0.39 is 0 Å². The average molecular weight is 423 g/mol. The standard InChI is InChI=1S/C26H21N3O3/c1-3-28-23-11-7-5-8-19(23)21(25(28)30)16-24-27-22-10-6-4-9-20(22)26(31)29(24)17-12-14-18(32-2)15-13-17/h4-16H,3H2,1-2H3/b21-16-. The van der Waals surface area contributed by atoms with Gasteiger partial charge in [0.2, 0.25) is 0 Å². The first-order valence-electron chi connectivity index (χ1n) is 10.4. The lowest BCUT2D eigenvalue weighted by Gasteiger charge is -2.14. The van der Waals surface area contributed by atoms with Crippen LogP contribution in [-0.2, 0) is 4.79 Å². The molecule has 0 saturated heterocycles. The van der Waals surface area contributed by atoms with Crippen LogP contribution in [-0.4, -0.2) is 29.1 Å². The fourth-order valence-corrected chi connectivity index (χ4v) is 4.12. The number of anilines is 1. The van der Waals surface area contributed by atoms with Gasteiger partial charge in [-0.25, -0.2) is 4.98 Å². The Hall–Kier alpha value is -4.19. The van der Waals surface area contributed by atoms with Crippen molar-refractivity contribution >= 4 is 34.1 Å². The second-order valence-electron chi connectivity index (χ2n) is 7.45. The van der Waals surface area contributed by atoms with Crippen molar-refractivity contribution in [3.63, 3.8) is 0 Å². The average Bonchev–Trinajstić information content (AvgIpc) is 3.10. The molecule has 6 heteroatoms. The summed E-state index contributed by atoms with van der Waals surface area (Å²) in [7, 11) is 1.59. The van der Waals surface area contributed by atoms with Crippen LogP contribution in [0.4, 0.5) is 5.69 Å². The van der Waals surface area contributed by atoms with Gasteiger partial charge in [-0.2, -0.15) is 0 Å². The maximum absolute atomic E-state index is 13.5. The lowest BCUT2D eigenvalue weighted by atomic mass is 10.1. The third kappa shape index (κ3) is 3.08. The number of carbonyl (C=O) groups excluding carboxylic acids is 1. The van der Waals surface area contributed by atoms with Crippen molar-refractivity contribution in [3.05, 3.63) is 94.5 Å². The van der Waals surface area contributed by atoms with E-state index in [2.05, 4.69) is 0 Å². The Bertz CT molecular complexity index is 1440. The van der Waals surface area contributed by atoms with E-state index in [1.165, 1.54) is 0 Å². The van der Waals surface area contributed by atoms with Crippen molar-refractivity contribution in [2.45, 2.75) is 6.92 Å². The lowest BCUT2D eigenvalue weighted by Crippen LogP contribution is -2.26. The SMILES string of the molecule is CCN1C(=O)/C(=C\c2nc3ccccc3c(=O)n2-c2ccc(OC)cc2)c2ccccc21. The van der Waals surface area contributed by atoms with Gasteiger partial charge in [0.05, 0.1) is 35.0 Å². The number of carbonyl (C=O) groups is 1. The third-order valence-electron chi connectivity index (χ3n) is 5.68. The number of hydrogen-bond acceptors (Lipinski definition) is 4. The van der Waals surface area contributed by atoms with Crippen molar-refractivity contribution in [2.24, 2.45) is 0 Å². The summed E-state index contributed by atoms with van der Waals surface area (Å²) < 4.78 is 6.80. The van der Waals surface area contributed by atoms with Gasteiger partial charge in [-0.1, -0.05) is 30.3 Å².